The molecule has 0 bridgehead atoms. The highest BCUT2D eigenvalue weighted by molar-refractivity contribution is 7.89. The summed E-state index contributed by atoms with van der Waals surface area (Å²) in [5, 5.41) is 3.23. The predicted octanol–water partition coefficient (Wildman–Crippen LogP) is 3.99. The van der Waals surface area contributed by atoms with Crippen LogP contribution in [0.15, 0.2) is 52.7 Å². The summed E-state index contributed by atoms with van der Waals surface area (Å²) >= 11 is 7.50. The largest absolute Gasteiger partial charge is 0.497 e. The minimum Gasteiger partial charge on any atom is -0.497 e. The number of benzene rings is 2. The first-order chi connectivity index (χ1) is 14.9. The van der Waals surface area contributed by atoms with Crippen LogP contribution in [0.1, 0.15) is 0 Å². The molecule has 10 heteroatoms. The molecule has 164 valence electrons. The summed E-state index contributed by atoms with van der Waals surface area (Å²) in [6.45, 7) is 1.88. The van der Waals surface area contributed by atoms with Crippen LogP contribution in [0.2, 0.25) is 5.02 Å². The Morgan fingerprint density at radius 3 is 2.48 bits per heavy atom. The van der Waals surface area contributed by atoms with Gasteiger partial charge in [0.25, 0.3) is 0 Å². The van der Waals surface area contributed by atoms with Crippen LogP contribution in [0, 0.1) is 0 Å². The van der Waals surface area contributed by atoms with Gasteiger partial charge in [0.05, 0.1) is 24.8 Å². The van der Waals surface area contributed by atoms with Crippen molar-refractivity contribution in [3.8, 4) is 22.8 Å². The molecule has 2 heterocycles. The second-order valence-corrected chi connectivity index (χ2v) is 10.1. The molecule has 3 aromatic rings. The van der Waals surface area contributed by atoms with Crippen molar-refractivity contribution in [3.05, 3.63) is 52.9 Å². The van der Waals surface area contributed by atoms with E-state index in [4.69, 9.17) is 26.1 Å². The van der Waals surface area contributed by atoms with Crippen molar-refractivity contribution >= 4 is 38.1 Å². The average molecular weight is 480 g/mol. The fourth-order valence-electron chi connectivity index (χ4n) is 3.44. The lowest BCUT2D eigenvalue weighted by Crippen LogP contribution is -2.48. The van der Waals surface area contributed by atoms with Crippen LogP contribution < -0.4 is 14.4 Å². The Morgan fingerprint density at radius 1 is 1.03 bits per heavy atom. The summed E-state index contributed by atoms with van der Waals surface area (Å²) in [5.74, 6) is 1.44. The van der Waals surface area contributed by atoms with Gasteiger partial charge >= 0.3 is 0 Å². The summed E-state index contributed by atoms with van der Waals surface area (Å²) in [6, 6.07) is 12.0. The van der Waals surface area contributed by atoms with Crippen molar-refractivity contribution in [3.63, 3.8) is 0 Å². The van der Waals surface area contributed by atoms with Gasteiger partial charge in [-0.2, -0.15) is 4.31 Å². The van der Waals surface area contributed by atoms with Gasteiger partial charge in [0, 0.05) is 42.1 Å². The predicted molar refractivity (Wildman–Crippen MR) is 123 cm³/mol. The van der Waals surface area contributed by atoms with Gasteiger partial charge in [-0.15, -0.1) is 11.3 Å². The highest BCUT2D eigenvalue weighted by Crippen LogP contribution is 2.36. The van der Waals surface area contributed by atoms with Crippen molar-refractivity contribution in [2.45, 2.75) is 4.90 Å². The van der Waals surface area contributed by atoms with Crippen molar-refractivity contribution in [1.82, 2.24) is 9.29 Å². The first kappa shape index (κ1) is 21.9. The van der Waals surface area contributed by atoms with Crippen LogP contribution in [-0.2, 0) is 10.0 Å². The molecule has 1 fully saturated rings. The van der Waals surface area contributed by atoms with Crippen LogP contribution in [0.25, 0.3) is 11.3 Å². The quantitative estimate of drug-likeness (QED) is 0.532. The van der Waals surface area contributed by atoms with Gasteiger partial charge in [0.1, 0.15) is 11.5 Å². The fourth-order valence-corrected chi connectivity index (χ4v) is 6.05. The zero-order valence-electron chi connectivity index (χ0n) is 17.1. The Hall–Kier alpha value is -2.33. The third kappa shape index (κ3) is 4.50. The molecule has 0 N–H and O–H groups in total. The van der Waals surface area contributed by atoms with E-state index in [-0.39, 0.29) is 4.90 Å². The van der Waals surface area contributed by atoms with E-state index in [1.54, 1.807) is 32.4 Å². The number of thiazole rings is 1. The van der Waals surface area contributed by atoms with Gasteiger partial charge < -0.3 is 14.4 Å². The van der Waals surface area contributed by atoms with Gasteiger partial charge in [-0.05, 0) is 36.4 Å². The number of aromatic nitrogens is 1. The molecule has 0 unspecified atom stereocenters. The van der Waals surface area contributed by atoms with Gasteiger partial charge in [-0.1, -0.05) is 17.7 Å². The van der Waals surface area contributed by atoms with E-state index in [0.717, 1.165) is 27.9 Å². The monoisotopic (exact) mass is 479 g/mol. The lowest BCUT2D eigenvalue weighted by Gasteiger charge is -2.33. The Morgan fingerprint density at radius 2 is 1.81 bits per heavy atom. The van der Waals surface area contributed by atoms with Crippen molar-refractivity contribution < 1.29 is 17.9 Å². The smallest absolute Gasteiger partial charge is 0.243 e. The molecule has 1 saturated heterocycles. The molecule has 31 heavy (non-hydrogen) atoms. The van der Waals surface area contributed by atoms with Crippen LogP contribution >= 0.6 is 22.9 Å². The molecule has 1 aliphatic rings. The molecule has 1 aromatic heterocycles. The average Bonchev–Trinajstić information content (AvgIpc) is 3.29. The topological polar surface area (TPSA) is 72.0 Å². The number of hydrogen-bond acceptors (Lipinski definition) is 7. The number of rotatable bonds is 6. The van der Waals surface area contributed by atoms with Crippen LogP contribution in [0.5, 0.6) is 11.5 Å². The molecule has 4 rings (SSSR count). The Labute approximate surface area is 190 Å². The maximum Gasteiger partial charge on any atom is 0.243 e. The maximum atomic E-state index is 12.9. The van der Waals surface area contributed by atoms with Gasteiger partial charge in [0.2, 0.25) is 10.0 Å². The molecule has 0 spiro atoms. The zero-order chi connectivity index (χ0) is 22.0. The van der Waals surface area contributed by atoms with E-state index in [9.17, 15) is 8.42 Å². The van der Waals surface area contributed by atoms with Crippen LogP contribution in [0.4, 0.5) is 5.13 Å². The molecule has 1 aliphatic heterocycles. The van der Waals surface area contributed by atoms with Crippen LogP contribution in [-0.4, -0.2) is 58.1 Å². The lowest BCUT2D eigenvalue weighted by molar-refractivity contribution is 0.384. The highest BCUT2D eigenvalue weighted by atomic mass is 35.5. The lowest BCUT2D eigenvalue weighted by atomic mass is 10.1. The summed E-state index contributed by atoms with van der Waals surface area (Å²) in [6.07, 6.45) is 0. The molecule has 0 atom stereocenters. The number of sulfonamides is 1. The third-order valence-electron chi connectivity index (χ3n) is 5.12. The molecule has 0 radical (unpaired) electrons. The number of nitrogens with zero attached hydrogens (tertiary/aromatic N) is 3. The first-order valence-electron chi connectivity index (χ1n) is 9.61. The second kappa shape index (κ2) is 9.04. The minimum absolute atomic E-state index is 0.218. The number of halogens is 1. The van der Waals surface area contributed by atoms with E-state index in [0.29, 0.717) is 31.2 Å². The van der Waals surface area contributed by atoms with Gasteiger partial charge in [-0.25, -0.2) is 13.4 Å². The van der Waals surface area contributed by atoms with E-state index < -0.39 is 10.0 Å². The number of ether oxygens (including phenoxy) is 2. The Balaban J connectivity index is 1.49. The van der Waals surface area contributed by atoms with Crippen molar-refractivity contribution in [1.29, 1.82) is 0 Å². The standard InChI is InChI=1S/C21H22ClN3O4S2/c1-28-16-6-7-20(29-2)18(13-16)19-14-30-21(23-19)24-8-10-25(11-9-24)31(26,27)17-5-3-4-15(22)12-17/h3-7,12-14H,8-11H2,1-2H3. The van der Waals surface area contributed by atoms with E-state index in [1.165, 1.54) is 21.7 Å². The molecule has 0 aliphatic carbocycles. The summed E-state index contributed by atoms with van der Waals surface area (Å²) in [4.78, 5) is 7.09. The minimum atomic E-state index is -3.57. The number of piperazine rings is 1. The fraction of sp³-hybridized carbons (Fsp3) is 0.286. The normalized spacial score (nSPS) is 15.1. The Kier molecular flexibility index (Phi) is 6.38. The maximum absolute atomic E-state index is 12.9. The Bertz CT molecular complexity index is 1170. The molecule has 2 aromatic carbocycles. The van der Waals surface area contributed by atoms with E-state index >= 15 is 0 Å². The molecule has 7 nitrogen and oxygen atoms in total. The summed E-state index contributed by atoms with van der Waals surface area (Å²) in [7, 11) is -0.327. The summed E-state index contributed by atoms with van der Waals surface area (Å²) < 4.78 is 38.1. The first-order valence-corrected chi connectivity index (χ1v) is 12.3. The highest BCUT2D eigenvalue weighted by Gasteiger charge is 2.29. The van der Waals surface area contributed by atoms with Crippen molar-refractivity contribution in [2.24, 2.45) is 0 Å². The third-order valence-corrected chi connectivity index (χ3v) is 8.15. The van der Waals surface area contributed by atoms with Crippen molar-refractivity contribution in [2.75, 3.05) is 45.3 Å². The number of hydrogen-bond donors (Lipinski definition) is 0. The van der Waals surface area contributed by atoms with E-state index in [1.807, 2.05) is 23.6 Å². The SMILES string of the molecule is COc1ccc(OC)c(-c2csc(N3CCN(S(=O)(=O)c4cccc(Cl)c4)CC3)n2)c1. The van der Waals surface area contributed by atoms with Gasteiger partial charge in [0.15, 0.2) is 5.13 Å². The molecule has 0 amide bonds. The molecule has 0 saturated carbocycles. The number of anilines is 1. The second-order valence-electron chi connectivity index (χ2n) is 6.93. The van der Waals surface area contributed by atoms with Gasteiger partial charge in [-0.3, -0.25) is 0 Å². The van der Waals surface area contributed by atoms with E-state index in [2.05, 4.69) is 4.90 Å². The number of methoxy groups -OCH3 is 2. The van der Waals surface area contributed by atoms with Crippen LogP contribution in [0.3, 0.4) is 0 Å². The molecular formula is C21H22ClN3O4S2. The zero-order valence-corrected chi connectivity index (χ0v) is 19.5. The molecular weight excluding hydrogens is 458 g/mol. The summed E-state index contributed by atoms with van der Waals surface area (Å²) in [5.41, 5.74) is 1.65.